The molecule has 57 heavy (non-hydrogen) atoms. The topological polar surface area (TPSA) is 144 Å². The molecule has 3 fully saturated rings. The predicted octanol–water partition coefficient (Wildman–Crippen LogP) is 6.92. The minimum absolute atomic E-state index is 0.0987. The molecule has 3 aromatic carbocycles. The van der Waals surface area contributed by atoms with Crippen molar-refractivity contribution in [2.45, 2.75) is 76.4 Å². The summed E-state index contributed by atoms with van der Waals surface area (Å²) in [4.78, 5) is 42.8. The number of sulfonamides is 1. The van der Waals surface area contributed by atoms with E-state index in [1.807, 2.05) is 64.1 Å². The zero-order valence-corrected chi connectivity index (χ0v) is 33.8. The number of nitrogens with zero attached hydrogens (tertiary/aromatic N) is 4. The number of anilines is 2. The van der Waals surface area contributed by atoms with Crippen molar-refractivity contribution in [3.05, 3.63) is 90.0 Å². The average Bonchev–Trinajstić information content (AvgIpc) is 3.80. The van der Waals surface area contributed by atoms with E-state index in [9.17, 15) is 22.8 Å². The Morgan fingerprint density at radius 2 is 1.68 bits per heavy atom. The molecule has 1 aliphatic carbocycles. The predicted molar refractivity (Wildman–Crippen MR) is 223 cm³/mol. The van der Waals surface area contributed by atoms with Gasteiger partial charge in [-0.15, -0.1) is 6.58 Å². The largest absolute Gasteiger partial charge is 0.489 e. The van der Waals surface area contributed by atoms with Gasteiger partial charge in [-0.1, -0.05) is 31.4 Å². The fourth-order valence-corrected chi connectivity index (χ4v) is 9.72. The maximum atomic E-state index is 13.3. The van der Waals surface area contributed by atoms with Gasteiger partial charge in [-0.3, -0.25) is 9.59 Å². The first kappa shape index (κ1) is 40.1. The van der Waals surface area contributed by atoms with Gasteiger partial charge in [0.1, 0.15) is 18.4 Å². The number of fused-ring (bicyclic) bond motifs is 1. The van der Waals surface area contributed by atoms with E-state index in [-0.39, 0.29) is 18.4 Å². The third kappa shape index (κ3) is 8.45. The van der Waals surface area contributed by atoms with Crippen LogP contribution in [-0.2, 0) is 31.0 Å². The summed E-state index contributed by atoms with van der Waals surface area (Å²) in [5.41, 5.74) is 13.0. The van der Waals surface area contributed by atoms with Crippen LogP contribution in [-0.4, -0.2) is 81.2 Å². The van der Waals surface area contributed by atoms with Gasteiger partial charge in [0.05, 0.1) is 30.1 Å². The molecule has 302 valence electrons. The second-order valence-electron chi connectivity index (χ2n) is 15.4. The number of ether oxygens (including phenoxy) is 2. The van der Waals surface area contributed by atoms with Gasteiger partial charge >= 0.3 is 5.97 Å². The number of allylic oxidation sites excluding steroid dienone is 1. The summed E-state index contributed by atoms with van der Waals surface area (Å²) >= 11 is 0. The molecule has 7 rings (SSSR count). The zero-order valence-electron chi connectivity index (χ0n) is 33.0. The Balaban J connectivity index is 1.25. The summed E-state index contributed by atoms with van der Waals surface area (Å²) in [6.45, 7) is 6.64. The summed E-state index contributed by atoms with van der Waals surface area (Å²) in [5.74, 6) is 0.0899. The van der Waals surface area contributed by atoms with E-state index in [0.29, 0.717) is 63.3 Å². The van der Waals surface area contributed by atoms with E-state index in [1.54, 1.807) is 12.1 Å². The molecule has 0 bridgehead atoms. The fourth-order valence-electron chi connectivity index (χ4n) is 8.89. The molecule has 0 radical (unpaired) electrons. The second-order valence-corrected chi connectivity index (χ2v) is 17.4. The summed E-state index contributed by atoms with van der Waals surface area (Å²) in [7, 11) is -1.93. The molecule has 1 atom stereocenters. The van der Waals surface area contributed by atoms with Gasteiger partial charge in [-0.25, -0.2) is 13.2 Å². The number of amides is 2. The highest BCUT2D eigenvalue weighted by molar-refractivity contribution is 7.88. The monoisotopic (exact) mass is 795 g/mol. The molecular weight excluding hydrogens is 743 g/mol. The number of benzene rings is 3. The molecule has 2 N–H and O–H groups in total. The fraction of sp³-hybridized carbons (Fsp3) is 0.432. The number of esters is 1. The van der Waals surface area contributed by atoms with Crippen molar-refractivity contribution in [1.29, 1.82) is 0 Å². The van der Waals surface area contributed by atoms with E-state index in [1.165, 1.54) is 24.1 Å². The quantitative estimate of drug-likeness (QED) is 0.107. The number of hydrogen-bond acceptors (Lipinski definition) is 8. The number of aromatic nitrogens is 1. The van der Waals surface area contributed by atoms with E-state index in [2.05, 4.69) is 11.5 Å². The Morgan fingerprint density at radius 1 is 0.947 bits per heavy atom. The first-order chi connectivity index (χ1) is 27.5. The summed E-state index contributed by atoms with van der Waals surface area (Å²) in [6.07, 6.45) is 10.9. The van der Waals surface area contributed by atoms with Gasteiger partial charge < -0.3 is 29.6 Å². The van der Waals surface area contributed by atoms with Gasteiger partial charge in [0.25, 0.3) is 0 Å². The number of nitrogens with two attached hydrogens (primary N) is 1. The van der Waals surface area contributed by atoms with Crippen molar-refractivity contribution >= 4 is 50.1 Å². The van der Waals surface area contributed by atoms with Crippen molar-refractivity contribution in [1.82, 2.24) is 8.87 Å². The van der Waals surface area contributed by atoms with Crippen LogP contribution in [0.5, 0.6) is 5.75 Å². The number of carbonyl (C=O) groups is 3. The van der Waals surface area contributed by atoms with Gasteiger partial charge in [-0.2, -0.15) is 4.31 Å². The van der Waals surface area contributed by atoms with Gasteiger partial charge in [0.2, 0.25) is 21.8 Å². The molecule has 0 spiro atoms. The Hall–Kier alpha value is -5.14. The van der Waals surface area contributed by atoms with Crippen LogP contribution in [0.2, 0.25) is 0 Å². The Bertz CT molecular complexity index is 2250. The van der Waals surface area contributed by atoms with Crippen molar-refractivity contribution in [3.8, 4) is 17.0 Å². The van der Waals surface area contributed by atoms with Gasteiger partial charge in [-0.05, 0) is 104 Å². The molecule has 13 heteroatoms. The van der Waals surface area contributed by atoms with Crippen LogP contribution in [0, 0.1) is 0 Å². The van der Waals surface area contributed by atoms with E-state index in [4.69, 9.17) is 15.2 Å². The number of carbonyl (C=O) groups excluding carboxylic acids is 3. The van der Waals surface area contributed by atoms with E-state index >= 15 is 0 Å². The Kier molecular flexibility index (Phi) is 12.1. The van der Waals surface area contributed by atoms with E-state index in [0.717, 1.165) is 76.8 Å². The minimum atomic E-state index is -3.28. The number of primary amides is 1. The van der Waals surface area contributed by atoms with Crippen LogP contribution in [0.25, 0.3) is 22.2 Å². The van der Waals surface area contributed by atoms with Crippen LogP contribution >= 0.6 is 0 Å². The normalized spacial score (nSPS) is 17.5. The van der Waals surface area contributed by atoms with Crippen molar-refractivity contribution in [2.75, 3.05) is 55.9 Å². The smallest absolute Gasteiger partial charge is 0.337 e. The van der Waals surface area contributed by atoms with Gasteiger partial charge in [0, 0.05) is 61.5 Å². The summed E-state index contributed by atoms with van der Waals surface area (Å²) in [6, 6.07) is 18.8. The molecule has 1 unspecified atom stereocenters. The lowest BCUT2D eigenvalue weighted by molar-refractivity contribution is -0.121. The number of methoxy groups -OCH3 is 1. The number of hydrogen-bond donors (Lipinski definition) is 1. The molecule has 4 aromatic rings. The Labute approximate surface area is 335 Å². The maximum absolute atomic E-state index is 13.3. The molecule has 3 heterocycles. The second kappa shape index (κ2) is 17.2. The first-order valence-corrected chi connectivity index (χ1v) is 21.9. The zero-order chi connectivity index (χ0) is 40.3. The Morgan fingerprint density at radius 3 is 2.32 bits per heavy atom. The first-order valence-electron chi connectivity index (χ1n) is 20.0. The molecular formula is C44H53N5O7S. The third-order valence-corrected chi connectivity index (χ3v) is 13.1. The molecule has 2 aliphatic heterocycles. The number of rotatable bonds is 14. The lowest BCUT2D eigenvalue weighted by atomic mass is 9.81. The van der Waals surface area contributed by atoms with Crippen LogP contribution in [0.15, 0.2) is 73.3 Å². The molecule has 2 saturated heterocycles. The SMILES string of the molecule is C=CCCC(C(N)=O)n1c(-c2ccc(OCc3cc(N4CCCC4=O)ccc3N3CCN(S(C)(=O)=O)CC3)cc2)c(C2CCCCC2)c2ccc(C(=O)OC)cc21. The van der Waals surface area contributed by atoms with Crippen LogP contribution < -0.4 is 20.3 Å². The lowest BCUT2D eigenvalue weighted by Crippen LogP contribution is -2.48. The highest BCUT2D eigenvalue weighted by Gasteiger charge is 2.32. The maximum Gasteiger partial charge on any atom is 0.337 e. The third-order valence-electron chi connectivity index (χ3n) is 11.8. The summed E-state index contributed by atoms with van der Waals surface area (Å²) < 4.78 is 39.5. The highest BCUT2D eigenvalue weighted by Crippen LogP contribution is 2.46. The van der Waals surface area contributed by atoms with Gasteiger partial charge in [0.15, 0.2) is 0 Å². The molecule has 1 aromatic heterocycles. The average molecular weight is 796 g/mol. The molecule has 2 amide bonds. The summed E-state index contributed by atoms with van der Waals surface area (Å²) in [5, 5.41) is 0.996. The van der Waals surface area contributed by atoms with Crippen molar-refractivity contribution in [2.24, 2.45) is 5.73 Å². The highest BCUT2D eigenvalue weighted by atomic mass is 32.2. The van der Waals surface area contributed by atoms with Crippen molar-refractivity contribution in [3.63, 3.8) is 0 Å². The van der Waals surface area contributed by atoms with E-state index < -0.39 is 27.9 Å². The molecule has 12 nitrogen and oxygen atoms in total. The van der Waals surface area contributed by atoms with Crippen molar-refractivity contribution < 1.29 is 32.3 Å². The molecule has 3 aliphatic rings. The van der Waals surface area contributed by atoms with Crippen LogP contribution in [0.3, 0.4) is 0 Å². The van der Waals surface area contributed by atoms with Crippen LogP contribution in [0.4, 0.5) is 11.4 Å². The number of piperazine rings is 1. The lowest BCUT2D eigenvalue weighted by Gasteiger charge is -2.36. The van der Waals surface area contributed by atoms with Crippen LogP contribution in [0.1, 0.15) is 91.2 Å². The molecule has 1 saturated carbocycles. The standard InChI is InChI=1S/C44H53N5O7S/c1-4-5-12-38(43(45)51)49-39-28-32(44(52)55-2)16-20-36(39)41(30-10-7-6-8-11-30)42(49)31-14-18-35(19-15-31)56-29-33-27-34(48-22-9-13-40(48)50)17-21-37(33)46-23-25-47(26-24-46)57(3,53)54/h4,14-21,27-28,30,38H,1,5-13,22-26,29H2,2-3H3,(H2,45,51). The minimum Gasteiger partial charge on any atom is -0.489 e.